The number of nitrogens with zero attached hydrogens (tertiary/aromatic N) is 1. The number of hydrogen-bond donors (Lipinski definition) is 1. The second-order valence-corrected chi connectivity index (χ2v) is 6.03. The van der Waals surface area contributed by atoms with E-state index in [1.165, 1.54) is 5.55 Å². The minimum absolute atomic E-state index is 0.0174. The molecule has 0 aromatic carbocycles. The summed E-state index contributed by atoms with van der Waals surface area (Å²) >= 11 is 6.58. The van der Waals surface area contributed by atoms with Gasteiger partial charge in [-0.05, 0) is 0 Å². The van der Waals surface area contributed by atoms with Crippen LogP contribution in [0.2, 0.25) is 0 Å². The molecule has 1 heterocycles. The zero-order chi connectivity index (χ0) is 8.54. The molecule has 1 N–H and O–H groups in total. The van der Waals surface area contributed by atoms with Gasteiger partial charge in [0.15, 0.2) is 9.84 Å². The third-order valence-corrected chi connectivity index (χ3v) is 5.48. The van der Waals surface area contributed by atoms with Gasteiger partial charge in [0.25, 0.3) is 0 Å². The topological polar surface area (TPSA) is 58.5 Å². The molecule has 1 aliphatic rings. The van der Waals surface area contributed by atoms with Crippen molar-refractivity contribution in [2.24, 2.45) is 5.10 Å². The second kappa shape index (κ2) is 2.84. The van der Waals surface area contributed by atoms with E-state index in [-0.39, 0.29) is 5.88 Å². The van der Waals surface area contributed by atoms with Crippen molar-refractivity contribution in [3.05, 3.63) is 0 Å². The maximum absolute atomic E-state index is 11.1. The number of halogens is 1. The van der Waals surface area contributed by atoms with E-state index < -0.39 is 14.0 Å². The van der Waals surface area contributed by atoms with Gasteiger partial charge >= 0.3 is 0 Å². The van der Waals surface area contributed by atoms with Crippen molar-refractivity contribution in [1.29, 1.82) is 0 Å². The van der Waals surface area contributed by atoms with Crippen LogP contribution in [0.4, 0.5) is 0 Å². The highest BCUT2D eigenvalue weighted by molar-refractivity contribution is 8.22. The fourth-order valence-electron chi connectivity index (χ4n) is 0.593. The Kier molecular flexibility index (Phi) is 2.36. The Labute approximate surface area is 74.3 Å². The summed E-state index contributed by atoms with van der Waals surface area (Å²) in [4.78, 5) is 0. The molecule has 1 aliphatic heterocycles. The van der Waals surface area contributed by atoms with E-state index in [0.29, 0.717) is 0 Å². The Morgan fingerprint density at radius 1 is 1.82 bits per heavy atom. The van der Waals surface area contributed by atoms with Gasteiger partial charge in [0, 0.05) is 6.26 Å². The number of sulfone groups is 1. The minimum Gasteiger partial charge on any atom is -0.278 e. The molecule has 7 heteroatoms. The van der Waals surface area contributed by atoms with Crippen LogP contribution in [-0.4, -0.2) is 30.3 Å². The standard InChI is InChI=1S/C4H7ClN2O2S2/c1-11(8,9)4(2-5)7-6-3-10-4/h3,7H,2H2,1H3. The largest absolute Gasteiger partial charge is 0.278 e. The number of thioether (sulfide) groups is 1. The monoisotopic (exact) mass is 214 g/mol. The SMILES string of the molecule is CS(=O)(=O)C1(CCl)NN=CS1. The van der Waals surface area contributed by atoms with E-state index in [1.54, 1.807) is 0 Å². The first-order chi connectivity index (χ1) is 5.02. The van der Waals surface area contributed by atoms with Crippen molar-refractivity contribution >= 4 is 38.7 Å². The summed E-state index contributed by atoms with van der Waals surface area (Å²) in [5.41, 5.74) is 3.91. The molecular weight excluding hydrogens is 208 g/mol. The van der Waals surface area contributed by atoms with Gasteiger partial charge in [-0.1, -0.05) is 11.8 Å². The zero-order valence-corrected chi connectivity index (χ0v) is 8.13. The lowest BCUT2D eigenvalue weighted by atomic mass is 10.8. The highest BCUT2D eigenvalue weighted by Gasteiger charge is 2.42. The van der Waals surface area contributed by atoms with E-state index in [2.05, 4.69) is 10.5 Å². The summed E-state index contributed by atoms with van der Waals surface area (Å²) in [5, 5.41) is 3.60. The molecule has 1 unspecified atom stereocenters. The minimum atomic E-state index is -3.22. The molecule has 0 spiro atoms. The smallest absolute Gasteiger partial charge is 0.220 e. The number of alkyl halides is 1. The average molecular weight is 215 g/mol. The fourth-order valence-corrected chi connectivity index (χ4v) is 3.13. The molecule has 11 heavy (non-hydrogen) atoms. The maximum Gasteiger partial charge on any atom is 0.220 e. The third kappa shape index (κ3) is 1.47. The first kappa shape index (κ1) is 9.15. The lowest BCUT2D eigenvalue weighted by Crippen LogP contribution is -2.45. The Bertz CT molecular complexity index is 266. The summed E-state index contributed by atoms with van der Waals surface area (Å²) in [5.74, 6) is -0.0174. The van der Waals surface area contributed by atoms with Gasteiger partial charge in [-0.25, -0.2) is 8.42 Å². The number of hydrazone groups is 1. The first-order valence-corrected chi connectivity index (χ1v) is 6.04. The van der Waals surface area contributed by atoms with Gasteiger partial charge in [-0.3, -0.25) is 5.43 Å². The van der Waals surface area contributed by atoms with E-state index in [9.17, 15) is 8.42 Å². The van der Waals surface area contributed by atoms with Crippen LogP contribution in [0.15, 0.2) is 5.10 Å². The molecule has 0 aromatic rings. The van der Waals surface area contributed by atoms with E-state index in [0.717, 1.165) is 18.0 Å². The Hall–Kier alpha value is 0.0600. The van der Waals surface area contributed by atoms with Gasteiger partial charge in [-0.15, -0.1) is 11.6 Å². The molecular formula is C4H7ClN2O2S2. The summed E-state index contributed by atoms with van der Waals surface area (Å²) in [6, 6.07) is 0. The summed E-state index contributed by atoms with van der Waals surface area (Å²) in [6.45, 7) is 0. The Balaban J connectivity index is 2.96. The zero-order valence-electron chi connectivity index (χ0n) is 5.74. The van der Waals surface area contributed by atoms with E-state index in [4.69, 9.17) is 11.6 Å². The summed E-state index contributed by atoms with van der Waals surface area (Å²) < 4.78 is 21.1. The molecule has 1 rings (SSSR count). The number of nitrogens with one attached hydrogen (secondary N) is 1. The maximum atomic E-state index is 11.1. The normalized spacial score (nSPS) is 30.4. The molecule has 0 amide bonds. The van der Waals surface area contributed by atoms with Crippen LogP contribution >= 0.6 is 23.4 Å². The van der Waals surface area contributed by atoms with Crippen molar-refractivity contribution in [3.63, 3.8) is 0 Å². The van der Waals surface area contributed by atoms with Crippen molar-refractivity contribution < 1.29 is 8.42 Å². The number of rotatable bonds is 2. The lowest BCUT2D eigenvalue weighted by Gasteiger charge is -2.21. The molecule has 0 saturated heterocycles. The summed E-state index contributed by atoms with van der Waals surface area (Å²) in [6.07, 6.45) is 1.13. The quantitative estimate of drug-likeness (QED) is 0.668. The van der Waals surface area contributed by atoms with Crippen LogP contribution < -0.4 is 5.43 Å². The highest BCUT2D eigenvalue weighted by atomic mass is 35.5. The Morgan fingerprint density at radius 2 is 2.45 bits per heavy atom. The molecule has 4 nitrogen and oxygen atoms in total. The predicted octanol–water partition coefficient (Wildman–Crippen LogP) is 0.203. The van der Waals surface area contributed by atoms with E-state index >= 15 is 0 Å². The van der Waals surface area contributed by atoms with Crippen LogP contribution in [0.5, 0.6) is 0 Å². The second-order valence-electron chi connectivity index (χ2n) is 2.12. The van der Waals surface area contributed by atoms with Crippen molar-refractivity contribution in [2.75, 3.05) is 12.1 Å². The highest BCUT2D eigenvalue weighted by Crippen LogP contribution is 2.31. The van der Waals surface area contributed by atoms with Crippen LogP contribution in [-0.2, 0) is 9.84 Å². The van der Waals surface area contributed by atoms with Crippen LogP contribution in [0, 0.1) is 0 Å². The van der Waals surface area contributed by atoms with Crippen molar-refractivity contribution in [1.82, 2.24) is 5.43 Å². The van der Waals surface area contributed by atoms with Crippen LogP contribution in [0.3, 0.4) is 0 Å². The molecule has 0 bridgehead atoms. The molecule has 0 radical (unpaired) electrons. The van der Waals surface area contributed by atoms with Crippen molar-refractivity contribution in [3.8, 4) is 0 Å². The van der Waals surface area contributed by atoms with Crippen LogP contribution in [0.1, 0.15) is 0 Å². The van der Waals surface area contributed by atoms with Gasteiger partial charge in [0.05, 0.1) is 11.4 Å². The first-order valence-electron chi connectivity index (χ1n) is 2.74. The molecule has 0 saturated carbocycles. The molecule has 1 atom stereocenters. The lowest BCUT2D eigenvalue weighted by molar-refractivity contribution is 0.563. The molecule has 0 aromatic heterocycles. The molecule has 0 fully saturated rings. The van der Waals surface area contributed by atoms with Gasteiger partial charge in [0.1, 0.15) is 0 Å². The summed E-state index contributed by atoms with van der Waals surface area (Å²) in [7, 11) is -3.22. The van der Waals surface area contributed by atoms with E-state index in [1.807, 2.05) is 0 Å². The molecule has 0 aliphatic carbocycles. The van der Waals surface area contributed by atoms with Crippen molar-refractivity contribution in [2.45, 2.75) is 4.20 Å². The van der Waals surface area contributed by atoms with Crippen LogP contribution in [0.25, 0.3) is 0 Å². The average Bonchev–Trinajstić information content (AvgIpc) is 2.33. The van der Waals surface area contributed by atoms with Gasteiger partial charge in [0.2, 0.25) is 4.20 Å². The Morgan fingerprint density at radius 3 is 2.64 bits per heavy atom. The fraction of sp³-hybridized carbons (Fsp3) is 0.750. The van der Waals surface area contributed by atoms with Gasteiger partial charge in [-0.2, -0.15) is 5.10 Å². The molecule has 64 valence electrons. The van der Waals surface area contributed by atoms with Gasteiger partial charge < -0.3 is 0 Å². The predicted molar refractivity (Wildman–Crippen MR) is 47.5 cm³/mol. The number of hydrogen-bond acceptors (Lipinski definition) is 5. The third-order valence-electron chi connectivity index (χ3n) is 1.31.